The van der Waals surface area contributed by atoms with Gasteiger partial charge in [0.05, 0.1) is 0 Å². The van der Waals surface area contributed by atoms with Crippen LogP contribution in [0, 0.1) is 0 Å². The molecule has 0 spiro atoms. The van der Waals surface area contributed by atoms with E-state index in [1.807, 2.05) is 0 Å². The third-order valence-corrected chi connectivity index (χ3v) is 5.08. The smallest absolute Gasteiger partial charge is 0.0125 e. The highest BCUT2D eigenvalue weighted by atomic mass is 32.2. The molecule has 2 aliphatic rings. The molecule has 2 rings (SSSR count). The van der Waals surface area contributed by atoms with Gasteiger partial charge in [-0.3, -0.25) is 4.90 Å². The molecule has 3 heteroatoms. The van der Waals surface area contributed by atoms with E-state index < -0.39 is 0 Å². The van der Waals surface area contributed by atoms with Gasteiger partial charge in [0, 0.05) is 30.4 Å². The molecule has 2 atom stereocenters. The molecule has 0 aromatic heterocycles. The summed E-state index contributed by atoms with van der Waals surface area (Å²) in [4.78, 5) is 2.77. The Labute approximate surface area is 111 Å². The normalized spacial score (nSPS) is 32.3. The van der Waals surface area contributed by atoms with Crippen LogP contribution < -0.4 is 5.32 Å². The maximum Gasteiger partial charge on any atom is 0.0125 e. The van der Waals surface area contributed by atoms with Crippen LogP contribution in [0.15, 0.2) is 0 Å². The fourth-order valence-corrected chi connectivity index (χ4v) is 4.07. The van der Waals surface area contributed by atoms with Crippen molar-refractivity contribution in [2.45, 2.75) is 64.1 Å². The van der Waals surface area contributed by atoms with E-state index in [1.54, 1.807) is 0 Å². The second kappa shape index (κ2) is 7.01. The van der Waals surface area contributed by atoms with E-state index >= 15 is 0 Å². The van der Waals surface area contributed by atoms with Crippen LogP contribution in [0.3, 0.4) is 0 Å². The number of nitrogens with zero attached hydrogens (tertiary/aromatic N) is 1. The Morgan fingerprint density at radius 1 is 1.12 bits per heavy atom. The second-order valence-corrected chi connectivity index (χ2v) is 6.89. The molecule has 0 amide bonds. The fourth-order valence-electron chi connectivity index (χ4n) is 3.42. The lowest BCUT2D eigenvalue weighted by Crippen LogP contribution is -2.49. The maximum atomic E-state index is 3.75. The predicted molar refractivity (Wildman–Crippen MR) is 77.8 cm³/mol. The van der Waals surface area contributed by atoms with Gasteiger partial charge < -0.3 is 5.32 Å². The zero-order valence-electron chi connectivity index (χ0n) is 11.5. The van der Waals surface area contributed by atoms with Crippen molar-refractivity contribution in [3.05, 3.63) is 0 Å². The molecule has 0 aromatic carbocycles. The van der Waals surface area contributed by atoms with E-state index in [2.05, 4.69) is 35.8 Å². The lowest BCUT2D eigenvalue weighted by atomic mass is 9.98. The first-order valence-electron chi connectivity index (χ1n) is 7.41. The lowest BCUT2D eigenvalue weighted by molar-refractivity contribution is 0.149. The van der Waals surface area contributed by atoms with E-state index in [4.69, 9.17) is 0 Å². The first-order valence-corrected chi connectivity index (χ1v) is 8.56. The van der Waals surface area contributed by atoms with Crippen LogP contribution in [0.25, 0.3) is 0 Å². The maximum absolute atomic E-state index is 3.75. The quantitative estimate of drug-likeness (QED) is 0.705. The summed E-state index contributed by atoms with van der Waals surface area (Å²) in [6.45, 7) is 7.18. The summed E-state index contributed by atoms with van der Waals surface area (Å²) >= 11 is 2.09. The molecule has 0 radical (unpaired) electrons. The summed E-state index contributed by atoms with van der Waals surface area (Å²) in [5, 5.41) is 3.75. The SMILES string of the molecule is CCCN(CCSCC)C1CC2CCC(C1)N2. The molecule has 0 aliphatic carbocycles. The van der Waals surface area contributed by atoms with Crippen molar-refractivity contribution >= 4 is 11.8 Å². The molecule has 0 saturated carbocycles. The molecule has 2 saturated heterocycles. The summed E-state index contributed by atoms with van der Waals surface area (Å²) in [5.74, 6) is 2.58. The monoisotopic (exact) mass is 256 g/mol. The van der Waals surface area contributed by atoms with E-state index in [0.29, 0.717) is 0 Å². The Kier molecular flexibility index (Phi) is 5.64. The van der Waals surface area contributed by atoms with Gasteiger partial charge in [0.25, 0.3) is 0 Å². The van der Waals surface area contributed by atoms with Crippen LogP contribution in [0.4, 0.5) is 0 Å². The minimum absolute atomic E-state index is 0.830. The summed E-state index contributed by atoms with van der Waals surface area (Å²) < 4.78 is 0. The van der Waals surface area contributed by atoms with Gasteiger partial charge in [0.1, 0.15) is 0 Å². The Bertz CT molecular complexity index is 210. The fraction of sp³-hybridized carbons (Fsp3) is 1.00. The van der Waals surface area contributed by atoms with Crippen LogP contribution >= 0.6 is 11.8 Å². The second-order valence-electron chi connectivity index (χ2n) is 5.50. The van der Waals surface area contributed by atoms with E-state index in [-0.39, 0.29) is 0 Å². The minimum atomic E-state index is 0.830. The molecule has 1 N–H and O–H groups in total. The van der Waals surface area contributed by atoms with Crippen molar-refractivity contribution in [2.24, 2.45) is 0 Å². The van der Waals surface area contributed by atoms with Crippen molar-refractivity contribution < 1.29 is 0 Å². The highest BCUT2D eigenvalue weighted by molar-refractivity contribution is 7.99. The average Bonchev–Trinajstić information content (AvgIpc) is 2.67. The summed E-state index contributed by atoms with van der Waals surface area (Å²) in [6, 6.07) is 2.53. The topological polar surface area (TPSA) is 15.3 Å². The number of fused-ring (bicyclic) bond motifs is 2. The van der Waals surface area contributed by atoms with Crippen LogP contribution in [0.1, 0.15) is 46.0 Å². The summed E-state index contributed by atoms with van der Waals surface area (Å²) in [6.07, 6.45) is 6.94. The standard InChI is InChI=1S/C14H28N2S/c1-3-7-16(8-9-17-4-2)14-10-12-5-6-13(11-14)15-12/h12-15H,3-11H2,1-2H3. The number of rotatable bonds is 7. The molecule has 2 unspecified atom stereocenters. The van der Waals surface area contributed by atoms with Gasteiger partial charge >= 0.3 is 0 Å². The van der Waals surface area contributed by atoms with Crippen LogP contribution in [0.5, 0.6) is 0 Å². The zero-order valence-corrected chi connectivity index (χ0v) is 12.3. The first-order chi connectivity index (χ1) is 8.33. The molecule has 2 aliphatic heterocycles. The summed E-state index contributed by atoms with van der Waals surface area (Å²) in [7, 11) is 0. The highest BCUT2D eigenvalue weighted by Crippen LogP contribution is 2.29. The Morgan fingerprint density at radius 2 is 1.82 bits per heavy atom. The molecule has 2 fully saturated rings. The van der Waals surface area contributed by atoms with Crippen LogP contribution in [-0.4, -0.2) is 47.6 Å². The van der Waals surface area contributed by atoms with Gasteiger partial charge in [-0.15, -0.1) is 0 Å². The Balaban J connectivity index is 1.82. The number of piperidine rings is 1. The van der Waals surface area contributed by atoms with E-state index in [9.17, 15) is 0 Å². The van der Waals surface area contributed by atoms with Gasteiger partial charge in [0.2, 0.25) is 0 Å². The number of nitrogens with one attached hydrogen (secondary N) is 1. The van der Waals surface area contributed by atoms with Crippen LogP contribution in [0.2, 0.25) is 0 Å². The average molecular weight is 256 g/mol. The molecule has 2 bridgehead atoms. The van der Waals surface area contributed by atoms with Crippen molar-refractivity contribution in [3.63, 3.8) is 0 Å². The van der Waals surface area contributed by atoms with Gasteiger partial charge in [-0.25, -0.2) is 0 Å². The zero-order chi connectivity index (χ0) is 12.1. The molecular weight excluding hydrogens is 228 g/mol. The van der Waals surface area contributed by atoms with Crippen molar-refractivity contribution in [2.75, 3.05) is 24.6 Å². The van der Waals surface area contributed by atoms with Crippen molar-refractivity contribution in [3.8, 4) is 0 Å². The van der Waals surface area contributed by atoms with Crippen molar-refractivity contribution in [1.82, 2.24) is 10.2 Å². The molecule has 100 valence electrons. The summed E-state index contributed by atoms with van der Waals surface area (Å²) in [5.41, 5.74) is 0. The minimum Gasteiger partial charge on any atom is -0.311 e. The third-order valence-electron chi connectivity index (χ3n) is 4.20. The highest BCUT2D eigenvalue weighted by Gasteiger charge is 2.35. The molecule has 0 aromatic rings. The number of thioether (sulfide) groups is 1. The van der Waals surface area contributed by atoms with Gasteiger partial charge in [-0.1, -0.05) is 13.8 Å². The molecule has 2 heterocycles. The Hall–Kier alpha value is 0.270. The number of hydrogen-bond donors (Lipinski definition) is 1. The van der Waals surface area contributed by atoms with Gasteiger partial charge in [-0.2, -0.15) is 11.8 Å². The van der Waals surface area contributed by atoms with Crippen LogP contribution in [-0.2, 0) is 0 Å². The van der Waals surface area contributed by atoms with Gasteiger partial charge in [0.15, 0.2) is 0 Å². The van der Waals surface area contributed by atoms with Crippen molar-refractivity contribution in [1.29, 1.82) is 0 Å². The van der Waals surface area contributed by atoms with Gasteiger partial charge in [-0.05, 0) is 44.4 Å². The lowest BCUT2D eigenvalue weighted by Gasteiger charge is -2.37. The Morgan fingerprint density at radius 3 is 2.41 bits per heavy atom. The first kappa shape index (κ1) is 13.7. The largest absolute Gasteiger partial charge is 0.311 e. The molecular formula is C14H28N2S. The van der Waals surface area contributed by atoms with E-state index in [0.717, 1.165) is 18.1 Å². The predicted octanol–water partition coefficient (Wildman–Crippen LogP) is 2.73. The third kappa shape index (κ3) is 3.87. The number of hydrogen-bond acceptors (Lipinski definition) is 3. The van der Waals surface area contributed by atoms with E-state index in [1.165, 1.54) is 56.7 Å². The molecule has 2 nitrogen and oxygen atoms in total. The molecule has 17 heavy (non-hydrogen) atoms.